The Bertz CT molecular complexity index is 645. The van der Waals surface area contributed by atoms with Crippen molar-refractivity contribution in [3.05, 3.63) is 49.4 Å². The van der Waals surface area contributed by atoms with E-state index in [9.17, 15) is 0 Å². The summed E-state index contributed by atoms with van der Waals surface area (Å²) >= 11 is 31.1. The highest BCUT2D eigenvalue weighted by atomic mass is 35.5. The van der Waals surface area contributed by atoms with E-state index in [1.165, 1.54) is 11.8 Å². The molecular formula is C12H6Cl5NS. The molecule has 1 nitrogen and oxygen atoms in total. The molecule has 2 aromatic carbocycles. The topological polar surface area (TPSA) is 26.0 Å². The Morgan fingerprint density at radius 2 is 1.47 bits per heavy atom. The minimum absolute atomic E-state index is 0.247. The molecule has 0 saturated heterocycles. The van der Waals surface area contributed by atoms with Gasteiger partial charge in [-0.05, 0) is 24.3 Å². The highest BCUT2D eigenvalue weighted by Crippen LogP contribution is 2.43. The third-order valence-electron chi connectivity index (χ3n) is 2.28. The smallest absolute Gasteiger partial charge is 0.0848 e. The molecule has 2 N–H and O–H groups in total. The zero-order chi connectivity index (χ0) is 14.2. The van der Waals surface area contributed by atoms with Gasteiger partial charge in [-0.25, -0.2) is 0 Å². The van der Waals surface area contributed by atoms with Crippen molar-refractivity contribution in [1.29, 1.82) is 0 Å². The molecule has 0 fully saturated rings. The maximum atomic E-state index is 6.01. The monoisotopic (exact) mass is 371 g/mol. The summed E-state index contributed by atoms with van der Waals surface area (Å²) in [5, 5.41) is 1.81. The molecule has 19 heavy (non-hydrogen) atoms. The number of hydrogen-bond donors (Lipinski definition) is 1. The molecule has 0 heterocycles. The molecule has 0 aliphatic rings. The van der Waals surface area contributed by atoms with Crippen LogP contribution in [-0.2, 0) is 0 Å². The second-order valence-corrected chi connectivity index (χ2v) is 6.67. The molecule has 0 radical (unpaired) electrons. The van der Waals surface area contributed by atoms with Crippen LogP contribution < -0.4 is 5.73 Å². The number of hydrogen-bond acceptors (Lipinski definition) is 2. The number of rotatable bonds is 2. The van der Waals surface area contributed by atoms with Crippen LogP contribution in [0.1, 0.15) is 0 Å². The van der Waals surface area contributed by atoms with Gasteiger partial charge in [0, 0.05) is 9.79 Å². The van der Waals surface area contributed by atoms with Crippen molar-refractivity contribution in [3.8, 4) is 0 Å². The van der Waals surface area contributed by atoms with Crippen LogP contribution in [0.3, 0.4) is 0 Å². The Balaban J connectivity index is 2.41. The molecular weight excluding hydrogens is 367 g/mol. The minimum atomic E-state index is 0.247. The van der Waals surface area contributed by atoms with Gasteiger partial charge in [-0.2, -0.15) is 0 Å². The van der Waals surface area contributed by atoms with Gasteiger partial charge in [0.2, 0.25) is 0 Å². The molecule has 0 aliphatic heterocycles. The number of halogens is 5. The Morgan fingerprint density at radius 1 is 0.789 bits per heavy atom. The van der Waals surface area contributed by atoms with Crippen molar-refractivity contribution in [3.63, 3.8) is 0 Å². The molecule has 7 heteroatoms. The first kappa shape index (κ1) is 15.4. The molecule has 0 saturated carbocycles. The van der Waals surface area contributed by atoms with Gasteiger partial charge in [0.15, 0.2) is 0 Å². The molecule has 0 aromatic heterocycles. The summed E-state index contributed by atoms with van der Waals surface area (Å²) in [4.78, 5) is 1.58. The molecule has 100 valence electrons. The van der Waals surface area contributed by atoms with Gasteiger partial charge >= 0.3 is 0 Å². The van der Waals surface area contributed by atoms with E-state index in [2.05, 4.69) is 0 Å². The average molecular weight is 374 g/mol. The largest absolute Gasteiger partial charge is 0.397 e. The number of nitrogens with two attached hydrogens (primary N) is 1. The van der Waals surface area contributed by atoms with Gasteiger partial charge in [0.1, 0.15) is 0 Å². The summed E-state index contributed by atoms with van der Waals surface area (Å²) in [5.74, 6) is 0. The van der Waals surface area contributed by atoms with Gasteiger partial charge in [-0.3, -0.25) is 0 Å². The van der Waals surface area contributed by atoms with Crippen molar-refractivity contribution in [1.82, 2.24) is 0 Å². The molecule has 0 atom stereocenters. The lowest BCUT2D eigenvalue weighted by molar-refractivity contribution is 1.41. The second kappa shape index (κ2) is 6.21. The van der Waals surface area contributed by atoms with Crippen LogP contribution in [-0.4, -0.2) is 0 Å². The van der Waals surface area contributed by atoms with Crippen LogP contribution in [0.2, 0.25) is 25.1 Å². The number of benzene rings is 2. The maximum Gasteiger partial charge on any atom is 0.0848 e. The van der Waals surface area contributed by atoms with Crippen molar-refractivity contribution >= 4 is 75.5 Å². The summed E-state index contributed by atoms with van der Waals surface area (Å²) < 4.78 is 0. The fourth-order valence-electron chi connectivity index (χ4n) is 1.34. The first-order chi connectivity index (χ1) is 8.90. The van der Waals surface area contributed by atoms with Crippen LogP contribution in [0.25, 0.3) is 0 Å². The molecule has 0 amide bonds. The normalized spacial score (nSPS) is 10.8. The van der Waals surface area contributed by atoms with E-state index in [0.29, 0.717) is 25.7 Å². The average Bonchev–Trinajstić information content (AvgIpc) is 2.38. The fraction of sp³-hybridized carbons (Fsp3) is 0. The van der Waals surface area contributed by atoms with Crippen LogP contribution in [0.4, 0.5) is 5.69 Å². The third-order valence-corrected chi connectivity index (χ3v) is 5.34. The second-order valence-electron chi connectivity index (χ2n) is 3.58. The van der Waals surface area contributed by atoms with Crippen molar-refractivity contribution in [2.45, 2.75) is 9.79 Å². The highest BCUT2D eigenvalue weighted by Gasteiger charge is 2.13. The fourth-order valence-corrected chi connectivity index (χ4v) is 3.39. The van der Waals surface area contributed by atoms with Crippen LogP contribution >= 0.6 is 69.8 Å². The summed E-state index contributed by atoms with van der Waals surface area (Å²) in [6.45, 7) is 0. The third kappa shape index (κ3) is 3.38. The number of anilines is 1. The molecule has 2 aromatic rings. The summed E-state index contributed by atoms with van der Waals surface area (Å²) in [7, 11) is 0. The Hall–Kier alpha value is 0.0400. The number of nitrogen functional groups attached to an aromatic ring is 1. The zero-order valence-corrected chi connectivity index (χ0v) is 13.8. The molecule has 0 spiro atoms. The quantitative estimate of drug-likeness (QED) is 0.469. The summed E-state index contributed by atoms with van der Waals surface area (Å²) in [6.07, 6.45) is 0. The molecule has 0 unspecified atom stereocenters. The van der Waals surface area contributed by atoms with E-state index in [0.717, 1.165) is 4.90 Å². The Labute approximate surface area is 139 Å². The van der Waals surface area contributed by atoms with Crippen LogP contribution in [0, 0.1) is 0 Å². The predicted molar refractivity (Wildman–Crippen MR) is 86.5 cm³/mol. The van der Waals surface area contributed by atoms with Crippen LogP contribution in [0.15, 0.2) is 34.1 Å². The molecule has 2 rings (SSSR count). The molecule has 0 aliphatic carbocycles. The lowest BCUT2D eigenvalue weighted by atomic mass is 10.3. The summed E-state index contributed by atoms with van der Waals surface area (Å²) in [5.41, 5.74) is 6.29. The van der Waals surface area contributed by atoms with E-state index >= 15 is 0 Å². The van der Waals surface area contributed by atoms with E-state index in [1.54, 1.807) is 18.2 Å². The zero-order valence-electron chi connectivity index (χ0n) is 9.18. The van der Waals surface area contributed by atoms with E-state index in [1.807, 2.05) is 6.07 Å². The Morgan fingerprint density at radius 3 is 2.11 bits per heavy atom. The van der Waals surface area contributed by atoms with Crippen molar-refractivity contribution in [2.75, 3.05) is 5.73 Å². The SMILES string of the molecule is Nc1c(Sc2ccc(Cl)c(Cl)c2)cc(Cl)c(Cl)c1Cl. The Kier molecular flexibility index (Phi) is 5.04. The van der Waals surface area contributed by atoms with Crippen molar-refractivity contribution in [2.24, 2.45) is 0 Å². The predicted octanol–water partition coefficient (Wildman–Crippen LogP) is 6.69. The van der Waals surface area contributed by atoms with Gasteiger partial charge in [0.05, 0.1) is 30.8 Å². The standard InChI is InChI=1S/C12H6Cl5NS/c13-6-2-1-5(3-7(6)14)19-9-4-8(15)10(16)11(17)12(9)18/h1-4H,18H2. The van der Waals surface area contributed by atoms with Gasteiger partial charge < -0.3 is 5.73 Å². The van der Waals surface area contributed by atoms with Gasteiger partial charge in [0.25, 0.3) is 0 Å². The minimum Gasteiger partial charge on any atom is -0.397 e. The first-order valence-electron chi connectivity index (χ1n) is 4.96. The van der Waals surface area contributed by atoms with E-state index < -0.39 is 0 Å². The highest BCUT2D eigenvalue weighted by molar-refractivity contribution is 7.99. The van der Waals surface area contributed by atoms with E-state index in [4.69, 9.17) is 63.7 Å². The first-order valence-corrected chi connectivity index (χ1v) is 7.66. The van der Waals surface area contributed by atoms with E-state index in [-0.39, 0.29) is 10.0 Å². The summed E-state index contributed by atoms with van der Waals surface area (Å²) in [6, 6.07) is 6.94. The van der Waals surface area contributed by atoms with Gasteiger partial charge in [-0.15, -0.1) is 0 Å². The maximum absolute atomic E-state index is 6.01. The van der Waals surface area contributed by atoms with Crippen LogP contribution in [0.5, 0.6) is 0 Å². The van der Waals surface area contributed by atoms with Gasteiger partial charge in [-0.1, -0.05) is 69.8 Å². The lowest BCUT2D eigenvalue weighted by Gasteiger charge is -2.10. The lowest BCUT2D eigenvalue weighted by Crippen LogP contribution is -1.91. The molecule has 0 bridgehead atoms. The van der Waals surface area contributed by atoms with Crippen molar-refractivity contribution < 1.29 is 0 Å².